The van der Waals surface area contributed by atoms with E-state index in [0.29, 0.717) is 12.3 Å². The summed E-state index contributed by atoms with van der Waals surface area (Å²) in [5.74, 6) is 1.49. The number of nitrogens with zero attached hydrogens (tertiary/aromatic N) is 3. The van der Waals surface area contributed by atoms with E-state index in [2.05, 4.69) is 46.3 Å². The van der Waals surface area contributed by atoms with E-state index in [9.17, 15) is 4.79 Å². The quantitative estimate of drug-likeness (QED) is 0.663. The van der Waals surface area contributed by atoms with Gasteiger partial charge in [0.25, 0.3) is 5.91 Å². The highest BCUT2D eigenvalue weighted by Gasteiger charge is 2.29. The molecule has 4 heteroatoms. The molecule has 0 radical (unpaired) electrons. The Labute approximate surface area is 159 Å². The van der Waals surface area contributed by atoms with Crippen LogP contribution in [0.2, 0.25) is 0 Å². The van der Waals surface area contributed by atoms with Crippen molar-refractivity contribution in [2.24, 2.45) is 5.92 Å². The lowest BCUT2D eigenvalue weighted by Gasteiger charge is -2.30. The van der Waals surface area contributed by atoms with Crippen molar-refractivity contribution >= 4 is 16.9 Å². The number of rotatable bonds is 3. The van der Waals surface area contributed by atoms with Gasteiger partial charge in [-0.3, -0.25) is 14.3 Å². The summed E-state index contributed by atoms with van der Waals surface area (Å²) in [6.45, 7) is 3.19. The summed E-state index contributed by atoms with van der Waals surface area (Å²) in [6.07, 6.45) is 5.13. The Morgan fingerprint density at radius 2 is 1.74 bits per heavy atom. The van der Waals surface area contributed by atoms with Gasteiger partial charge in [-0.25, -0.2) is 4.98 Å². The summed E-state index contributed by atoms with van der Waals surface area (Å²) in [6, 6.07) is 18.5. The number of allylic oxidation sites excluding steroid dienone is 2. The molecule has 0 unspecified atom stereocenters. The summed E-state index contributed by atoms with van der Waals surface area (Å²) >= 11 is 0. The van der Waals surface area contributed by atoms with Gasteiger partial charge in [0.15, 0.2) is 0 Å². The summed E-state index contributed by atoms with van der Waals surface area (Å²) in [5, 5.41) is 0. The van der Waals surface area contributed by atoms with Crippen molar-refractivity contribution in [2.75, 3.05) is 13.1 Å². The van der Waals surface area contributed by atoms with Gasteiger partial charge < -0.3 is 0 Å². The number of para-hydroxylation sites is 2. The molecule has 0 spiro atoms. The van der Waals surface area contributed by atoms with Gasteiger partial charge in [-0.1, -0.05) is 48.5 Å². The van der Waals surface area contributed by atoms with E-state index in [1.807, 2.05) is 24.3 Å². The standard InChI is InChI=1S/C23H23N3O/c27-23-19(15-22-24-20-8-4-5-9-21(20)26(22)23)14-17-10-12-25(13-11-17)16-18-6-2-1-3-7-18/h1-9,14,17H,10-13,15-16H2/b19-14-. The Bertz CT molecular complexity index is 1010. The third-order valence-electron chi connectivity index (χ3n) is 5.77. The number of carbonyl (C=O) groups excluding carboxylic acids is 1. The summed E-state index contributed by atoms with van der Waals surface area (Å²) in [7, 11) is 0. The number of piperidine rings is 1. The lowest BCUT2D eigenvalue weighted by Crippen LogP contribution is -2.32. The minimum atomic E-state index is 0.116. The van der Waals surface area contributed by atoms with Crippen molar-refractivity contribution in [3.05, 3.63) is 77.6 Å². The van der Waals surface area contributed by atoms with Gasteiger partial charge in [-0.2, -0.15) is 0 Å². The number of likely N-dealkylation sites (tertiary alicyclic amines) is 1. The van der Waals surface area contributed by atoms with E-state index in [1.165, 1.54) is 5.56 Å². The smallest absolute Gasteiger partial charge is 0.259 e. The first-order valence-electron chi connectivity index (χ1n) is 9.76. The molecule has 3 heterocycles. The summed E-state index contributed by atoms with van der Waals surface area (Å²) < 4.78 is 1.80. The largest absolute Gasteiger partial charge is 0.299 e. The first-order valence-corrected chi connectivity index (χ1v) is 9.76. The van der Waals surface area contributed by atoms with E-state index >= 15 is 0 Å². The molecule has 0 amide bonds. The zero-order chi connectivity index (χ0) is 18.2. The topological polar surface area (TPSA) is 38.1 Å². The second-order valence-electron chi connectivity index (χ2n) is 7.63. The fourth-order valence-electron chi connectivity index (χ4n) is 4.34. The number of benzene rings is 2. The molecule has 27 heavy (non-hydrogen) atoms. The van der Waals surface area contributed by atoms with Gasteiger partial charge in [0.05, 0.1) is 11.0 Å². The van der Waals surface area contributed by atoms with Gasteiger partial charge >= 0.3 is 0 Å². The zero-order valence-corrected chi connectivity index (χ0v) is 15.3. The third kappa shape index (κ3) is 3.10. The minimum absolute atomic E-state index is 0.116. The van der Waals surface area contributed by atoms with Crippen LogP contribution in [0, 0.1) is 5.92 Å². The summed E-state index contributed by atoms with van der Waals surface area (Å²) in [5.41, 5.74) is 4.13. The van der Waals surface area contributed by atoms with E-state index in [0.717, 1.165) is 54.9 Å². The molecule has 1 aromatic heterocycles. The van der Waals surface area contributed by atoms with Crippen LogP contribution in [0.25, 0.3) is 11.0 Å². The fraction of sp³-hybridized carbons (Fsp3) is 0.304. The minimum Gasteiger partial charge on any atom is -0.299 e. The lowest BCUT2D eigenvalue weighted by molar-refractivity contribution is 0.0968. The number of fused-ring (bicyclic) bond motifs is 3. The van der Waals surface area contributed by atoms with Crippen molar-refractivity contribution < 1.29 is 4.79 Å². The van der Waals surface area contributed by atoms with Crippen LogP contribution in [0.15, 0.2) is 66.2 Å². The first kappa shape index (κ1) is 16.5. The molecule has 0 N–H and O–H groups in total. The normalized spacial score (nSPS) is 19.9. The SMILES string of the molecule is O=C1/C(=C\C2CCN(Cc3ccccc3)CC2)Cc2nc3ccccc3n21. The first-order chi connectivity index (χ1) is 13.3. The molecule has 5 rings (SSSR count). The molecule has 0 bridgehead atoms. The highest BCUT2D eigenvalue weighted by molar-refractivity contribution is 6.04. The molecule has 136 valence electrons. The molecule has 2 aliphatic rings. The Kier molecular flexibility index (Phi) is 4.13. The molecule has 0 aliphatic carbocycles. The van der Waals surface area contributed by atoms with Crippen molar-refractivity contribution in [3.63, 3.8) is 0 Å². The number of hydrogen-bond donors (Lipinski definition) is 0. The number of imidazole rings is 1. The van der Waals surface area contributed by atoms with Gasteiger partial charge in [-0.15, -0.1) is 0 Å². The molecule has 0 atom stereocenters. The maximum Gasteiger partial charge on any atom is 0.259 e. The monoisotopic (exact) mass is 357 g/mol. The maximum atomic E-state index is 12.9. The molecule has 0 saturated carbocycles. The van der Waals surface area contributed by atoms with Crippen molar-refractivity contribution in [1.82, 2.24) is 14.5 Å². The van der Waals surface area contributed by atoms with Crippen molar-refractivity contribution in [2.45, 2.75) is 25.8 Å². The van der Waals surface area contributed by atoms with Crippen molar-refractivity contribution in [1.29, 1.82) is 0 Å². The molecule has 1 saturated heterocycles. The van der Waals surface area contributed by atoms with Gasteiger partial charge in [0.1, 0.15) is 5.82 Å². The van der Waals surface area contributed by atoms with E-state index in [4.69, 9.17) is 0 Å². The number of carbonyl (C=O) groups is 1. The fourth-order valence-corrected chi connectivity index (χ4v) is 4.34. The zero-order valence-electron chi connectivity index (χ0n) is 15.3. The number of aromatic nitrogens is 2. The van der Waals surface area contributed by atoms with Crippen molar-refractivity contribution in [3.8, 4) is 0 Å². The van der Waals surface area contributed by atoms with Crippen LogP contribution in [-0.2, 0) is 13.0 Å². The van der Waals surface area contributed by atoms with Crippen LogP contribution >= 0.6 is 0 Å². The van der Waals surface area contributed by atoms with E-state index in [1.54, 1.807) is 4.57 Å². The Hall–Kier alpha value is -2.72. The van der Waals surface area contributed by atoms with Crippen LogP contribution in [0.4, 0.5) is 0 Å². The van der Waals surface area contributed by atoms with Crippen LogP contribution in [0.3, 0.4) is 0 Å². The number of hydrogen-bond acceptors (Lipinski definition) is 3. The van der Waals surface area contributed by atoms with Crippen LogP contribution < -0.4 is 0 Å². The molecular formula is C23H23N3O. The Balaban J connectivity index is 1.26. The van der Waals surface area contributed by atoms with Crippen LogP contribution in [0.1, 0.15) is 29.0 Å². The Morgan fingerprint density at radius 1 is 1.00 bits per heavy atom. The average Bonchev–Trinajstić information content (AvgIpc) is 3.21. The van der Waals surface area contributed by atoms with Crippen LogP contribution in [-0.4, -0.2) is 33.4 Å². The average molecular weight is 357 g/mol. The highest BCUT2D eigenvalue weighted by Crippen LogP contribution is 2.29. The van der Waals surface area contributed by atoms with Gasteiger partial charge in [-0.05, 0) is 49.5 Å². The van der Waals surface area contributed by atoms with E-state index < -0.39 is 0 Å². The second-order valence-corrected chi connectivity index (χ2v) is 7.63. The molecular weight excluding hydrogens is 334 g/mol. The van der Waals surface area contributed by atoms with Crippen LogP contribution in [0.5, 0.6) is 0 Å². The predicted molar refractivity (Wildman–Crippen MR) is 107 cm³/mol. The molecule has 2 aliphatic heterocycles. The van der Waals surface area contributed by atoms with Gasteiger partial charge in [0, 0.05) is 18.5 Å². The molecule has 4 nitrogen and oxygen atoms in total. The third-order valence-corrected chi connectivity index (χ3v) is 5.77. The highest BCUT2D eigenvalue weighted by atomic mass is 16.2. The predicted octanol–water partition coefficient (Wildman–Crippen LogP) is 4.07. The molecule has 2 aromatic carbocycles. The molecule has 1 fully saturated rings. The maximum absolute atomic E-state index is 12.9. The second kappa shape index (κ2) is 6.78. The summed E-state index contributed by atoms with van der Waals surface area (Å²) in [4.78, 5) is 20.0. The van der Waals surface area contributed by atoms with Gasteiger partial charge in [0.2, 0.25) is 0 Å². The lowest BCUT2D eigenvalue weighted by atomic mass is 9.93. The molecule has 3 aromatic rings. The van der Waals surface area contributed by atoms with E-state index in [-0.39, 0.29) is 5.91 Å². The Morgan fingerprint density at radius 3 is 2.56 bits per heavy atom.